The Bertz CT molecular complexity index is 1310. The van der Waals surface area contributed by atoms with Crippen molar-refractivity contribution in [1.29, 1.82) is 0 Å². The minimum atomic E-state index is -3.58. The molecule has 8 heteroatoms. The van der Waals surface area contributed by atoms with Gasteiger partial charge in [0.05, 0.1) is 25.1 Å². The fourth-order valence-corrected chi connectivity index (χ4v) is 5.44. The summed E-state index contributed by atoms with van der Waals surface area (Å²) in [7, 11) is -1.98. The normalized spacial score (nSPS) is 11.3. The van der Waals surface area contributed by atoms with Crippen LogP contribution in [0.5, 0.6) is 5.75 Å². The number of rotatable bonds is 9. The van der Waals surface area contributed by atoms with Gasteiger partial charge in [0.15, 0.2) is 15.6 Å². The number of nitrogens with zero attached hydrogens (tertiary/aromatic N) is 1. The lowest BCUT2D eigenvalue weighted by Gasteiger charge is -2.22. The van der Waals surface area contributed by atoms with Crippen molar-refractivity contribution in [1.82, 2.24) is 4.90 Å². The van der Waals surface area contributed by atoms with Crippen molar-refractivity contribution in [3.63, 3.8) is 0 Å². The van der Waals surface area contributed by atoms with E-state index in [9.17, 15) is 13.2 Å². The first-order chi connectivity index (χ1) is 16.0. The van der Waals surface area contributed by atoms with Crippen LogP contribution in [0.4, 0.5) is 0 Å². The summed E-state index contributed by atoms with van der Waals surface area (Å²) in [4.78, 5) is 16.3. The lowest BCUT2D eigenvalue weighted by molar-refractivity contribution is 0.0696. The van der Waals surface area contributed by atoms with Crippen LogP contribution in [0, 0.1) is 0 Å². The van der Waals surface area contributed by atoms with Gasteiger partial charge in [-0.3, -0.25) is 4.79 Å². The van der Waals surface area contributed by atoms with E-state index in [4.69, 9.17) is 9.15 Å². The molecule has 4 aromatic rings. The molecule has 0 bridgehead atoms. The van der Waals surface area contributed by atoms with Crippen molar-refractivity contribution in [3.8, 4) is 5.75 Å². The maximum absolute atomic E-state index is 13.4. The third kappa shape index (κ3) is 5.53. The van der Waals surface area contributed by atoms with Crippen molar-refractivity contribution in [2.24, 2.45) is 0 Å². The third-order valence-electron chi connectivity index (χ3n) is 5.07. The summed E-state index contributed by atoms with van der Waals surface area (Å²) in [5.41, 5.74) is 0.864. The van der Waals surface area contributed by atoms with E-state index in [1.54, 1.807) is 59.7 Å². The van der Waals surface area contributed by atoms with Gasteiger partial charge in [0.2, 0.25) is 0 Å². The smallest absolute Gasteiger partial charge is 0.290 e. The fraction of sp³-hybridized carbons (Fsp3) is 0.160. The number of amides is 1. The van der Waals surface area contributed by atoms with Crippen LogP contribution in [-0.2, 0) is 28.7 Å². The SMILES string of the molecule is COc1ccccc1CN(Cc1cccs1)C(=O)c1ccc(CS(=O)(=O)c2ccccc2)o1. The highest BCUT2D eigenvalue weighted by molar-refractivity contribution is 7.90. The molecule has 4 rings (SSSR count). The number of carbonyl (C=O) groups excluding carboxylic acids is 1. The molecule has 1 amide bonds. The molecule has 0 fully saturated rings. The van der Waals surface area contributed by atoms with Gasteiger partial charge in [-0.25, -0.2) is 8.42 Å². The van der Waals surface area contributed by atoms with E-state index in [1.165, 1.54) is 6.07 Å². The van der Waals surface area contributed by atoms with E-state index >= 15 is 0 Å². The van der Waals surface area contributed by atoms with E-state index in [0.717, 1.165) is 10.4 Å². The number of methoxy groups -OCH3 is 1. The highest BCUT2D eigenvalue weighted by atomic mass is 32.2. The highest BCUT2D eigenvalue weighted by Gasteiger charge is 2.24. The minimum Gasteiger partial charge on any atom is -0.496 e. The molecule has 2 heterocycles. The highest BCUT2D eigenvalue weighted by Crippen LogP contribution is 2.24. The Hall–Kier alpha value is -3.36. The van der Waals surface area contributed by atoms with Gasteiger partial charge in [-0.2, -0.15) is 0 Å². The molecule has 0 aliphatic rings. The first-order valence-electron chi connectivity index (χ1n) is 10.3. The predicted molar refractivity (Wildman–Crippen MR) is 127 cm³/mol. The second-order valence-electron chi connectivity index (χ2n) is 7.39. The molecule has 0 unspecified atom stereocenters. The average Bonchev–Trinajstić information content (AvgIpc) is 3.51. The molecule has 0 aliphatic carbocycles. The monoisotopic (exact) mass is 481 g/mol. The zero-order valence-corrected chi connectivity index (χ0v) is 19.6. The van der Waals surface area contributed by atoms with Crippen LogP contribution in [0.2, 0.25) is 0 Å². The summed E-state index contributed by atoms with van der Waals surface area (Å²) < 4.78 is 36.5. The van der Waals surface area contributed by atoms with E-state index in [0.29, 0.717) is 18.8 Å². The Morgan fingerprint density at radius 2 is 1.70 bits per heavy atom. The van der Waals surface area contributed by atoms with Crippen molar-refractivity contribution in [2.75, 3.05) is 7.11 Å². The van der Waals surface area contributed by atoms with E-state index in [1.807, 2.05) is 41.8 Å². The maximum Gasteiger partial charge on any atom is 0.290 e. The average molecular weight is 482 g/mol. The molecule has 6 nitrogen and oxygen atoms in total. The second kappa shape index (κ2) is 10.1. The molecule has 170 valence electrons. The quantitative estimate of drug-likeness (QED) is 0.330. The Kier molecular flexibility index (Phi) is 6.96. The van der Waals surface area contributed by atoms with Gasteiger partial charge >= 0.3 is 0 Å². The third-order valence-corrected chi connectivity index (χ3v) is 7.59. The van der Waals surface area contributed by atoms with Gasteiger partial charge in [0.25, 0.3) is 5.91 Å². The van der Waals surface area contributed by atoms with Crippen molar-refractivity contribution >= 4 is 27.1 Å². The second-order valence-corrected chi connectivity index (χ2v) is 10.4. The molecule has 0 spiro atoms. The van der Waals surface area contributed by atoms with Gasteiger partial charge in [-0.05, 0) is 41.8 Å². The first-order valence-corrected chi connectivity index (χ1v) is 12.8. The Morgan fingerprint density at radius 1 is 0.939 bits per heavy atom. The summed E-state index contributed by atoms with van der Waals surface area (Å²) in [6.45, 7) is 0.714. The lowest BCUT2D eigenvalue weighted by Crippen LogP contribution is -2.29. The molecule has 33 heavy (non-hydrogen) atoms. The summed E-state index contributed by atoms with van der Waals surface area (Å²) in [6, 6.07) is 22.7. The van der Waals surface area contributed by atoms with Crippen LogP contribution in [-0.4, -0.2) is 26.3 Å². The molecule has 0 N–H and O–H groups in total. The van der Waals surface area contributed by atoms with Crippen LogP contribution >= 0.6 is 11.3 Å². The van der Waals surface area contributed by atoms with Crippen molar-refractivity contribution in [2.45, 2.75) is 23.7 Å². The number of carbonyl (C=O) groups is 1. The number of thiophene rings is 1. The molecule has 0 radical (unpaired) electrons. The van der Waals surface area contributed by atoms with Crippen LogP contribution in [0.1, 0.15) is 26.8 Å². The molecular formula is C25H23NO5S2. The number of furan rings is 1. The number of sulfone groups is 1. The largest absolute Gasteiger partial charge is 0.496 e. The number of benzene rings is 2. The molecule has 0 saturated heterocycles. The zero-order valence-electron chi connectivity index (χ0n) is 18.0. The van der Waals surface area contributed by atoms with Gasteiger partial charge in [-0.15, -0.1) is 11.3 Å². The van der Waals surface area contributed by atoms with Crippen LogP contribution in [0.25, 0.3) is 0 Å². The van der Waals surface area contributed by atoms with E-state index < -0.39 is 9.84 Å². The van der Waals surface area contributed by atoms with E-state index in [2.05, 4.69) is 0 Å². The zero-order chi connectivity index (χ0) is 23.3. The predicted octanol–water partition coefficient (Wildman–Crippen LogP) is 5.17. The lowest BCUT2D eigenvalue weighted by atomic mass is 10.1. The molecule has 0 aliphatic heterocycles. The van der Waals surface area contributed by atoms with Crippen molar-refractivity contribution < 1.29 is 22.4 Å². The van der Waals surface area contributed by atoms with Crippen molar-refractivity contribution in [3.05, 3.63) is 106 Å². The molecule has 0 atom stereocenters. The number of para-hydroxylation sites is 1. The standard InChI is InChI=1S/C25H23NO5S2/c1-30-23-12-6-5-8-19(23)16-26(17-21-9-7-15-32-21)25(27)24-14-13-20(31-24)18-33(28,29)22-10-3-2-4-11-22/h2-15H,16-18H2,1H3. The molecule has 2 aromatic heterocycles. The Morgan fingerprint density at radius 3 is 2.42 bits per heavy atom. The maximum atomic E-state index is 13.4. The van der Waals surface area contributed by atoms with Crippen LogP contribution in [0.3, 0.4) is 0 Å². The first kappa shape index (κ1) is 22.8. The summed E-state index contributed by atoms with van der Waals surface area (Å²) in [6.07, 6.45) is 0. The molecule has 2 aromatic carbocycles. The fourth-order valence-electron chi connectivity index (χ4n) is 3.45. The Balaban J connectivity index is 1.57. The summed E-state index contributed by atoms with van der Waals surface area (Å²) >= 11 is 1.56. The molecular weight excluding hydrogens is 458 g/mol. The minimum absolute atomic E-state index is 0.0970. The van der Waals surface area contributed by atoms with Crippen LogP contribution in [0.15, 0.2) is 93.6 Å². The number of hydrogen-bond acceptors (Lipinski definition) is 6. The Labute approximate surface area is 197 Å². The summed E-state index contributed by atoms with van der Waals surface area (Å²) in [5, 5.41) is 1.96. The number of ether oxygens (including phenoxy) is 1. The molecule has 0 saturated carbocycles. The van der Waals surface area contributed by atoms with Gasteiger partial charge in [0, 0.05) is 10.4 Å². The topological polar surface area (TPSA) is 76.8 Å². The summed E-state index contributed by atoms with van der Waals surface area (Å²) in [5.74, 6) is 0.366. The van der Waals surface area contributed by atoms with Gasteiger partial charge in [-0.1, -0.05) is 42.5 Å². The van der Waals surface area contributed by atoms with E-state index in [-0.39, 0.29) is 28.1 Å². The number of hydrogen-bond donors (Lipinski definition) is 0. The van der Waals surface area contributed by atoms with Gasteiger partial charge < -0.3 is 14.1 Å². The van der Waals surface area contributed by atoms with Crippen LogP contribution < -0.4 is 4.74 Å². The van der Waals surface area contributed by atoms with Gasteiger partial charge in [0.1, 0.15) is 17.3 Å².